The Balaban J connectivity index is 1.39. The fraction of sp³-hybridized carbons (Fsp3) is 0.240. The van der Waals surface area contributed by atoms with Gasteiger partial charge in [0.2, 0.25) is 5.91 Å². The first kappa shape index (κ1) is 22.9. The maximum Gasteiger partial charge on any atom is 0.234 e. The van der Waals surface area contributed by atoms with Gasteiger partial charge in [-0.2, -0.15) is 9.61 Å². The van der Waals surface area contributed by atoms with Crippen molar-refractivity contribution in [2.75, 3.05) is 18.2 Å². The van der Waals surface area contributed by atoms with E-state index in [-0.39, 0.29) is 11.7 Å². The average molecular weight is 488 g/mol. The summed E-state index contributed by atoms with van der Waals surface area (Å²) in [7, 11) is 1.58. The second-order valence-electron chi connectivity index (χ2n) is 8.11. The Kier molecular flexibility index (Phi) is 6.37. The molecule has 5 rings (SSSR count). The average Bonchev–Trinajstić information content (AvgIpc) is 3.44. The van der Waals surface area contributed by atoms with Gasteiger partial charge in [-0.25, -0.2) is 9.97 Å². The number of rotatable bonds is 8. The molecule has 5 aromatic rings. The molecule has 0 unspecified atom stereocenters. The summed E-state index contributed by atoms with van der Waals surface area (Å²) in [5.41, 5.74) is 4.27. The Morgan fingerprint density at radius 1 is 1.06 bits per heavy atom. The minimum absolute atomic E-state index is 0.160. The highest BCUT2D eigenvalue weighted by molar-refractivity contribution is 7.99. The molecule has 0 radical (unpaired) electrons. The molecule has 35 heavy (non-hydrogen) atoms. The number of hydrogen-bond acceptors (Lipinski definition) is 7. The van der Waals surface area contributed by atoms with Crippen molar-refractivity contribution in [3.63, 3.8) is 0 Å². The van der Waals surface area contributed by atoms with E-state index in [9.17, 15) is 4.79 Å². The van der Waals surface area contributed by atoms with Crippen molar-refractivity contribution in [1.29, 1.82) is 0 Å². The van der Waals surface area contributed by atoms with Crippen LogP contribution in [0.2, 0.25) is 0 Å². The summed E-state index contributed by atoms with van der Waals surface area (Å²) in [4.78, 5) is 22.3. The summed E-state index contributed by atoms with van der Waals surface area (Å²) >= 11 is 1.32. The van der Waals surface area contributed by atoms with Crippen LogP contribution in [0.1, 0.15) is 17.2 Å². The summed E-state index contributed by atoms with van der Waals surface area (Å²) in [6, 6.07) is 17.2. The van der Waals surface area contributed by atoms with Gasteiger partial charge in [-0.05, 0) is 44.2 Å². The molecule has 3 aromatic heterocycles. The third kappa shape index (κ3) is 4.83. The van der Waals surface area contributed by atoms with E-state index in [1.165, 1.54) is 11.8 Å². The van der Waals surface area contributed by atoms with Crippen LogP contribution in [0.25, 0.3) is 16.6 Å². The smallest absolute Gasteiger partial charge is 0.234 e. The van der Waals surface area contributed by atoms with Gasteiger partial charge in [0, 0.05) is 24.0 Å². The van der Waals surface area contributed by atoms with Crippen LogP contribution in [0.4, 0.5) is 5.69 Å². The number of nitrogens with one attached hydrogen (secondary N) is 1. The summed E-state index contributed by atoms with van der Waals surface area (Å²) < 4.78 is 9.02. The summed E-state index contributed by atoms with van der Waals surface area (Å²) in [5.74, 6) is 1.32. The molecule has 1 N–H and O–H groups in total. The minimum Gasteiger partial charge on any atom is -0.495 e. The van der Waals surface area contributed by atoms with Crippen molar-refractivity contribution in [2.45, 2.75) is 32.0 Å². The number of fused-ring (bicyclic) bond motifs is 3. The molecule has 0 atom stereocenters. The van der Waals surface area contributed by atoms with E-state index >= 15 is 0 Å². The van der Waals surface area contributed by atoms with E-state index in [1.54, 1.807) is 23.8 Å². The molecule has 1 amide bonds. The van der Waals surface area contributed by atoms with Crippen LogP contribution in [0.3, 0.4) is 0 Å². The quantitative estimate of drug-likeness (QED) is 0.260. The van der Waals surface area contributed by atoms with Gasteiger partial charge in [0.1, 0.15) is 5.75 Å². The molecule has 0 saturated carbocycles. The van der Waals surface area contributed by atoms with Crippen molar-refractivity contribution < 1.29 is 9.53 Å². The van der Waals surface area contributed by atoms with Crippen molar-refractivity contribution in [3.05, 3.63) is 71.8 Å². The zero-order chi connectivity index (χ0) is 24.4. The van der Waals surface area contributed by atoms with Crippen LogP contribution >= 0.6 is 11.8 Å². The molecular weight excluding hydrogens is 462 g/mol. The van der Waals surface area contributed by atoms with E-state index in [0.717, 1.165) is 27.9 Å². The number of benzene rings is 2. The van der Waals surface area contributed by atoms with Gasteiger partial charge in [0.05, 0.1) is 29.8 Å². The second-order valence-corrected chi connectivity index (χ2v) is 9.05. The summed E-state index contributed by atoms with van der Waals surface area (Å²) in [5, 5.41) is 13.7. The maximum atomic E-state index is 12.7. The Hall–Kier alpha value is -3.92. The predicted octanol–water partition coefficient (Wildman–Crippen LogP) is 4.07. The Morgan fingerprint density at radius 2 is 1.86 bits per heavy atom. The number of aromatic nitrogens is 6. The molecule has 178 valence electrons. The molecule has 9 nitrogen and oxygen atoms in total. The van der Waals surface area contributed by atoms with Crippen LogP contribution in [-0.2, 0) is 17.8 Å². The van der Waals surface area contributed by atoms with E-state index in [2.05, 4.69) is 16.5 Å². The second kappa shape index (κ2) is 9.75. The molecule has 0 spiro atoms. The molecule has 0 aliphatic carbocycles. The van der Waals surface area contributed by atoms with E-state index in [4.69, 9.17) is 19.8 Å². The number of para-hydroxylation sites is 3. The number of anilines is 1. The Morgan fingerprint density at radius 3 is 2.66 bits per heavy atom. The van der Waals surface area contributed by atoms with Crippen molar-refractivity contribution in [1.82, 2.24) is 29.4 Å². The standard InChI is InChI=1S/C25H25N7O2S/c1-16-14-17(2)31(29-16)13-12-22-28-24-18-8-4-5-9-19(18)27-25(32(24)30-22)35-15-23(33)26-20-10-6-7-11-21(20)34-3/h4-11,14H,12-13,15H2,1-3H3,(H,26,33). The highest BCUT2D eigenvalue weighted by Crippen LogP contribution is 2.26. The third-order valence-corrected chi connectivity index (χ3v) is 6.49. The van der Waals surface area contributed by atoms with Crippen molar-refractivity contribution >= 4 is 39.9 Å². The molecule has 0 bridgehead atoms. The molecule has 0 aliphatic heterocycles. The number of amides is 1. The van der Waals surface area contributed by atoms with Crippen LogP contribution in [0, 0.1) is 13.8 Å². The third-order valence-electron chi connectivity index (χ3n) is 5.56. The maximum absolute atomic E-state index is 12.7. The fourth-order valence-electron chi connectivity index (χ4n) is 3.94. The first-order valence-corrected chi connectivity index (χ1v) is 12.2. The van der Waals surface area contributed by atoms with Crippen molar-refractivity contribution in [2.24, 2.45) is 0 Å². The predicted molar refractivity (Wildman–Crippen MR) is 136 cm³/mol. The van der Waals surface area contributed by atoms with Crippen LogP contribution in [-0.4, -0.2) is 48.1 Å². The number of carbonyl (C=O) groups is 1. The number of methoxy groups -OCH3 is 1. The Labute approximate surface area is 206 Å². The van der Waals surface area contributed by atoms with Crippen molar-refractivity contribution in [3.8, 4) is 5.75 Å². The van der Waals surface area contributed by atoms with Crippen LogP contribution in [0.5, 0.6) is 5.75 Å². The van der Waals surface area contributed by atoms with Crippen LogP contribution in [0.15, 0.2) is 59.8 Å². The normalized spacial score (nSPS) is 11.3. The number of thioether (sulfide) groups is 1. The van der Waals surface area contributed by atoms with Gasteiger partial charge < -0.3 is 10.1 Å². The minimum atomic E-state index is -0.160. The Bertz CT molecular complexity index is 1530. The SMILES string of the molecule is COc1ccccc1NC(=O)CSc1nc2ccccc2c2nc(CCn3nc(C)cc3C)nn12. The monoisotopic (exact) mass is 487 g/mol. The molecule has 10 heteroatoms. The lowest BCUT2D eigenvalue weighted by molar-refractivity contribution is -0.113. The number of ether oxygens (including phenoxy) is 1. The zero-order valence-electron chi connectivity index (χ0n) is 19.7. The first-order chi connectivity index (χ1) is 17.0. The van der Waals surface area contributed by atoms with Gasteiger partial charge in [0.25, 0.3) is 0 Å². The lowest BCUT2D eigenvalue weighted by Crippen LogP contribution is -2.15. The summed E-state index contributed by atoms with van der Waals surface area (Å²) in [6.45, 7) is 4.71. The van der Waals surface area contributed by atoms with Gasteiger partial charge in [-0.15, -0.1) is 5.10 Å². The zero-order valence-corrected chi connectivity index (χ0v) is 20.5. The molecule has 0 fully saturated rings. The molecule has 3 heterocycles. The largest absolute Gasteiger partial charge is 0.495 e. The highest BCUT2D eigenvalue weighted by Gasteiger charge is 2.16. The number of hydrogen-bond donors (Lipinski definition) is 1. The molecule has 2 aromatic carbocycles. The highest BCUT2D eigenvalue weighted by atomic mass is 32.2. The topological polar surface area (TPSA) is 99.2 Å². The number of carbonyl (C=O) groups excluding carboxylic acids is 1. The van der Waals surface area contributed by atoms with Gasteiger partial charge in [-0.1, -0.05) is 36.0 Å². The van der Waals surface area contributed by atoms with Gasteiger partial charge in [0.15, 0.2) is 16.6 Å². The first-order valence-electron chi connectivity index (χ1n) is 11.2. The van der Waals surface area contributed by atoms with Crippen LogP contribution < -0.4 is 10.1 Å². The molecule has 0 aliphatic rings. The van der Waals surface area contributed by atoms with E-state index < -0.39 is 0 Å². The van der Waals surface area contributed by atoms with Gasteiger partial charge >= 0.3 is 0 Å². The van der Waals surface area contributed by atoms with E-state index in [1.807, 2.05) is 54.9 Å². The number of nitrogens with zero attached hydrogens (tertiary/aromatic N) is 6. The molecule has 0 saturated heterocycles. The fourth-order valence-corrected chi connectivity index (χ4v) is 4.69. The van der Waals surface area contributed by atoms with Gasteiger partial charge in [-0.3, -0.25) is 9.48 Å². The van der Waals surface area contributed by atoms with E-state index in [0.29, 0.717) is 35.4 Å². The molecular formula is C25H25N7O2S. The lowest BCUT2D eigenvalue weighted by Gasteiger charge is -2.10. The summed E-state index contributed by atoms with van der Waals surface area (Å²) in [6.07, 6.45) is 0.635. The lowest BCUT2D eigenvalue weighted by atomic mass is 10.2. The number of aryl methyl sites for hydroxylation is 4.